The van der Waals surface area contributed by atoms with Gasteiger partial charge >= 0.3 is 0 Å². The van der Waals surface area contributed by atoms with E-state index in [0.29, 0.717) is 16.9 Å². The van der Waals surface area contributed by atoms with Crippen LogP contribution in [0.15, 0.2) is 0 Å². The smallest absolute Gasteiger partial charge is 0.0113 e. The third kappa shape index (κ3) is 5.48. The molecule has 2 heterocycles. The molecule has 1 aliphatic carbocycles. The third-order valence-corrected chi connectivity index (χ3v) is 8.11. The van der Waals surface area contributed by atoms with Crippen LogP contribution in [0.5, 0.6) is 0 Å². The van der Waals surface area contributed by atoms with Gasteiger partial charge in [-0.25, -0.2) is 0 Å². The maximum Gasteiger partial charge on any atom is 0.0113 e. The second-order valence-corrected chi connectivity index (χ2v) is 11.3. The lowest BCUT2D eigenvalue weighted by molar-refractivity contribution is 0.000137. The number of rotatable bonds is 8. The van der Waals surface area contributed by atoms with Crippen LogP contribution >= 0.6 is 0 Å². The molecular formula is C24H47N3. The van der Waals surface area contributed by atoms with Crippen LogP contribution in [0.25, 0.3) is 0 Å². The van der Waals surface area contributed by atoms with Crippen LogP contribution in [-0.2, 0) is 0 Å². The first kappa shape index (κ1) is 21.6. The fourth-order valence-corrected chi connectivity index (χ4v) is 5.90. The second-order valence-electron chi connectivity index (χ2n) is 11.3. The van der Waals surface area contributed by atoms with Crippen LogP contribution < -0.4 is 0 Å². The molecule has 158 valence electrons. The summed E-state index contributed by atoms with van der Waals surface area (Å²) in [5, 5.41) is 0. The lowest BCUT2D eigenvalue weighted by Crippen LogP contribution is -2.55. The summed E-state index contributed by atoms with van der Waals surface area (Å²) < 4.78 is 0. The molecule has 0 amide bonds. The monoisotopic (exact) mass is 377 g/mol. The van der Waals surface area contributed by atoms with Crippen molar-refractivity contribution in [3.05, 3.63) is 0 Å². The highest BCUT2D eigenvalue weighted by atomic mass is 15.3. The second kappa shape index (κ2) is 8.71. The van der Waals surface area contributed by atoms with Crippen molar-refractivity contribution in [3.63, 3.8) is 0 Å². The van der Waals surface area contributed by atoms with Gasteiger partial charge < -0.3 is 9.80 Å². The Hall–Kier alpha value is -0.120. The number of nitrogens with zero attached hydrogens (tertiary/aromatic N) is 3. The molecule has 3 nitrogen and oxygen atoms in total. The summed E-state index contributed by atoms with van der Waals surface area (Å²) in [5.41, 5.74) is 1.24. The van der Waals surface area contributed by atoms with Crippen LogP contribution in [0, 0.1) is 22.7 Å². The normalized spacial score (nSPS) is 27.0. The summed E-state index contributed by atoms with van der Waals surface area (Å²) in [6.07, 6.45) is 7.23. The first-order valence-electron chi connectivity index (χ1n) is 11.9. The maximum absolute atomic E-state index is 2.83. The first-order chi connectivity index (χ1) is 12.7. The minimum atomic E-state index is 0.547. The van der Waals surface area contributed by atoms with E-state index < -0.39 is 0 Å². The van der Waals surface area contributed by atoms with E-state index in [9.17, 15) is 0 Å². The van der Waals surface area contributed by atoms with E-state index in [0.717, 1.165) is 11.8 Å². The van der Waals surface area contributed by atoms with Gasteiger partial charge in [0.1, 0.15) is 0 Å². The predicted molar refractivity (Wildman–Crippen MR) is 117 cm³/mol. The molecule has 0 atom stereocenters. The lowest BCUT2D eigenvalue weighted by Gasteiger charge is -2.49. The van der Waals surface area contributed by atoms with E-state index in [4.69, 9.17) is 0 Å². The number of hydrogen-bond donors (Lipinski definition) is 0. The van der Waals surface area contributed by atoms with E-state index in [1.807, 2.05) is 0 Å². The van der Waals surface area contributed by atoms with Crippen molar-refractivity contribution in [2.45, 2.75) is 79.7 Å². The highest BCUT2D eigenvalue weighted by Gasteiger charge is 2.46. The van der Waals surface area contributed by atoms with Crippen molar-refractivity contribution in [2.24, 2.45) is 22.7 Å². The zero-order valence-electron chi connectivity index (χ0n) is 19.3. The van der Waals surface area contributed by atoms with Crippen LogP contribution in [-0.4, -0.2) is 73.1 Å². The molecule has 3 heteroatoms. The Bertz CT molecular complexity index is 450. The van der Waals surface area contributed by atoms with Crippen molar-refractivity contribution in [3.8, 4) is 0 Å². The third-order valence-electron chi connectivity index (χ3n) is 8.11. The average molecular weight is 378 g/mol. The molecule has 0 radical (unpaired) electrons. The Morgan fingerprint density at radius 2 is 1.22 bits per heavy atom. The van der Waals surface area contributed by atoms with Gasteiger partial charge in [0.25, 0.3) is 0 Å². The molecule has 2 saturated heterocycles. The molecule has 0 unspecified atom stereocenters. The van der Waals surface area contributed by atoms with E-state index in [2.05, 4.69) is 56.2 Å². The summed E-state index contributed by atoms with van der Waals surface area (Å²) in [7, 11) is 0. The van der Waals surface area contributed by atoms with E-state index in [1.165, 1.54) is 84.5 Å². The highest BCUT2D eigenvalue weighted by Crippen LogP contribution is 2.52. The van der Waals surface area contributed by atoms with E-state index >= 15 is 0 Å². The molecule has 3 fully saturated rings. The van der Waals surface area contributed by atoms with Gasteiger partial charge in [0.15, 0.2) is 0 Å². The zero-order chi connectivity index (χ0) is 19.7. The van der Waals surface area contributed by atoms with Crippen molar-refractivity contribution in [1.82, 2.24) is 14.7 Å². The molecule has 0 aromatic rings. The quantitative estimate of drug-likeness (QED) is 0.613. The van der Waals surface area contributed by atoms with Gasteiger partial charge in [-0.1, -0.05) is 27.7 Å². The molecule has 1 saturated carbocycles. The molecule has 0 aromatic carbocycles. The molecule has 27 heavy (non-hydrogen) atoms. The zero-order valence-corrected chi connectivity index (χ0v) is 19.3. The van der Waals surface area contributed by atoms with Crippen molar-refractivity contribution in [2.75, 3.05) is 52.4 Å². The van der Waals surface area contributed by atoms with Crippen LogP contribution in [0.2, 0.25) is 0 Å². The Morgan fingerprint density at radius 1 is 0.667 bits per heavy atom. The molecule has 0 spiro atoms. The minimum absolute atomic E-state index is 0.547. The van der Waals surface area contributed by atoms with Crippen LogP contribution in [0.1, 0.15) is 73.6 Å². The predicted octanol–water partition coefficient (Wildman–Crippen LogP) is 4.58. The number of likely N-dealkylation sites (tertiary alicyclic amines) is 1. The van der Waals surface area contributed by atoms with Gasteiger partial charge in [0.2, 0.25) is 0 Å². The SMILES string of the molecule is CC(C)CC1(CN2CCC(CN3CCN(C(C)C)CC3)(C(C)C)CC2)CC1. The number of hydrogen-bond acceptors (Lipinski definition) is 3. The van der Waals surface area contributed by atoms with Gasteiger partial charge in [0.05, 0.1) is 0 Å². The Labute approximate surface area is 169 Å². The molecular weight excluding hydrogens is 330 g/mol. The van der Waals surface area contributed by atoms with Crippen LogP contribution in [0.4, 0.5) is 0 Å². The molecule has 0 aromatic heterocycles. The highest BCUT2D eigenvalue weighted by molar-refractivity contribution is 4.98. The van der Waals surface area contributed by atoms with E-state index in [1.54, 1.807) is 0 Å². The van der Waals surface area contributed by atoms with E-state index in [-0.39, 0.29) is 0 Å². The average Bonchev–Trinajstić information content (AvgIpc) is 3.35. The van der Waals surface area contributed by atoms with Gasteiger partial charge in [-0.3, -0.25) is 4.90 Å². The van der Waals surface area contributed by atoms with Crippen molar-refractivity contribution < 1.29 is 0 Å². The minimum Gasteiger partial charge on any atom is -0.303 e. The largest absolute Gasteiger partial charge is 0.303 e. The molecule has 3 aliphatic rings. The molecule has 3 rings (SSSR count). The van der Waals surface area contributed by atoms with Gasteiger partial charge in [-0.05, 0) is 81.7 Å². The van der Waals surface area contributed by atoms with Gasteiger partial charge in [-0.2, -0.15) is 0 Å². The molecule has 0 bridgehead atoms. The summed E-state index contributed by atoms with van der Waals surface area (Å²) in [6, 6.07) is 0.704. The topological polar surface area (TPSA) is 9.72 Å². The van der Waals surface area contributed by atoms with Crippen molar-refractivity contribution >= 4 is 0 Å². The molecule has 0 N–H and O–H groups in total. The first-order valence-corrected chi connectivity index (χ1v) is 11.9. The Kier molecular flexibility index (Phi) is 6.97. The lowest BCUT2D eigenvalue weighted by atomic mass is 9.69. The van der Waals surface area contributed by atoms with Crippen molar-refractivity contribution in [1.29, 1.82) is 0 Å². The van der Waals surface area contributed by atoms with Gasteiger partial charge in [-0.15, -0.1) is 0 Å². The fourth-order valence-electron chi connectivity index (χ4n) is 5.90. The maximum atomic E-state index is 2.83. The van der Waals surface area contributed by atoms with Crippen LogP contribution in [0.3, 0.4) is 0 Å². The fraction of sp³-hybridized carbons (Fsp3) is 1.00. The Balaban J connectivity index is 1.50. The van der Waals surface area contributed by atoms with Gasteiger partial charge in [0, 0.05) is 45.3 Å². The summed E-state index contributed by atoms with van der Waals surface area (Å²) in [4.78, 5) is 8.26. The summed E-state index contributed by atoms with van der Waals surface area (Å²) in [5.74, 6) is 1.66. The number of piperazine rings is 1. The number of piperidine rings is 1. The standard InChI is InChI=1S/C24H47N3/c1-20(2)17-23(7-8-23)18-25-11-9-24(10-12-25,21(3)4)19-26-13-15-27(16-14-26)22(5)6/h20-22H,7-19H2,1-6H3. The summed E-state index contributed by atoms with van der Waals surface area (Å²) >= 11 is 0. The molecule has 2 aliphatic heterocycles. The Morgan fingerprint density at radius 3 is 1.67 bits per heavy atom. The summed E-state index contributed by atoms with van der Waals surface area (Å²) in [6.45, 7) is 24.9.